The van der Waals surface area contributed by atoms with E-state index in [-0.39, 0.29) is 0 Å². The lowest BCUT2D eigenvalue weighted by molar-refractivity contribution is 0.522. The summed E-state index contributed by atoms with van der Waals surface area (Å²) in [5.74, 6) is 0.984. The zero-order valence-corrected chi connectivity index (χ0v) is 12.3. The Hall–Kier alpha value is -1.84. The van der Waals surface area contributed by atoms with E-state index in [4.69, 9.17) is 0 Å². The van der Waals surface area contributed by atoms with Crippen LogP contribution in [0.4, 0.5) is 5.95 Å². The van der Waals surface area contributed by atoms with Crippen LogP contribution >= 0.6 is 0 Å². The van der Waals surface area contributed by atoms with Crippen molar-refractivity contribution in [3.63, 3.8) is 0 Å². The maximum Gasteiger partial charge on any atom is 0.203 e. The summed E-state index contributed by atoms with van der Waals surface area (Å²) in [6, 6.07) is 6.74. The van der Waals surface area contributed by atoms with Gasteiger partial charge >= 0.3 is 0 Å². The zero-order valence-electron chi connectivity index (χ0n) is 12.3. The van der Waals surface area contributed by atoms with Crippen molar-refractivity contribution in [2.75, 3.05) is 5.32 Å². The Morgan fingerprint density at radius 2 is 1.95 bits per heavy atom. The molecule has 1 N–H and O–H groups in total. The monoisotopic (exact) mass is 270 g/mol. The highest BCUT2D eigenvalue weighted by atomic mass is 15.2. The van der Waals surface area contributed by atoms with E-state index in [0.717, 1.165) is 29.6 Å². The molecule has 2 aromatic rings. The van der Waals surface area contributed by atoms with Crippen LogP contribution in [0.25, 0.3) is 0 Å². The van der Waals surface area contributed by atoms with Crippen LogP contribution in [-0.4, -0.2) is 14.5 Å². The summed E-state index contributed by atoms with van der Waals surface area (Å²) < 4.78 is 2.32. The molecule has 0 bridgehead atoms. The number of hydrogen-bond acceptors (Lipinski definition) is 3. The minimum Gasteiger partial charge on any atom is -0.350 e. The van der Waals surface area contributed by atoms with Crippen LogP contribution in [0.5, 0.6) is 0 Å². The number of nitrogens with one attached hydrogen (secondary N) is 1. The lowest BCUT2D eigenvalue weighted by atomic mass is 10.2. The number of imidazole rings is 1. The fraction of sp³-hybridized carbons (Fsp3) is 0.500. The van der Waals surface area contributed by atoms with E-state index in [1.807, 2.05) is 19.1 Å². The second-order valence-electron chi connectivity index (χ2n) is 5.68. The second-order valence-corrected chi connectivity index (χ2v) is 5.68. The third-order valence-corrected chi connectivity index (χ3v) is 3.94. The first-order chi connectivity index (χ1) is 9.72. The van der Waals surface area contributed by atoms with Gasteiger partial charge < -0.3 is 9.88 Å². The van der Waals surface area contributed by atoms with Gasteiger partial charge in [-0.05, 0) is 38.8 Å². The Balaban J connectivity index is 1.73. The van der Waals surface area contributed by atoms with Crippen molar-refractivity contribution in [1.29, 1.82) is 0 Å². The predicted molar refractivity (Wildman–Crippen MR) is 80.8 cm³/mol. The molecule has 1 aliphatic carbocycles. The van der Waals surface area contributed by atoms with Gasteiger partial charge in [-0.25, -0.2) is 4.98 Å². The number of nitrogens with zero attached hydrogens (tertiary/aromatic N) is 3. The molecule has 1 aliphatic rings. The molecule has 0 aliphatic heterocycles. The molecule has 1 saturated carbocycles. The van der Waals surface area contributed by atoms with Gasteiger partial charge in [0.25, 0.3) is 0 Å². The molecule has 0 atom stereocenters. The minimum atomic E-state index is 0.615. The van der Waals surface area contributed by atoms with E-state index in [1.54, 1.807) is 0 Å². The molecular weight excluding hydrogens is 248 g/mol. The van der Waals surface area contributed by atoms with E-state index in [1.165, 1.54) is 25.7 Å². The SMILES string of the molecule is Cc1cccc(CNc2nc(C)cn2C2CCCC2)n1. The number of rotatable bonds is 4. The van der Waals surface area contributed by atoms with E-state index in [0.29, 0.717) is 6.04 Å². The van der Waals surface area contributed by atoms with Gasteiger partial charge in [0.05, 0.1) is 17.9 Å². The second kappa shape index (κ2) is 5.65. The van der Waals surface area contributed by atoms with Crippen LogP contribution < -0.4 is 5.32 Å². The summed E-state index contributed by atoms with van der Waals surface area (Å²) in [6.07, 6.45) is 7.38. The highest BCUT2D eigenvalue weighted by Crippen LogP contribution is 2.32. The molecule has 4 nitrogen and oxygen atoms in total. The molecule has 0 radical (unpaired) electrons. The van der Waals surface area contributed by atoms with E-state index in [2.05, 4.69) is 39.0 Å². The van der Waals surface area contributed by atoms with Crippen molar-refractivity contribution in [3.8, 4) is 0 Å². The van der Waals surface area contributed by atoms with Crippen LogP contribution in [0.3, 0.4) is 0 Å². The van der Waals surface area contributed by atoms with Crippen molar-refractivity contribution >= 4 is 5.95 Å². The van der Waals surface area contributed by atoms with Crippen LogP contribution in [-0.2, 0) is 6.54 Å². The Labute approximate surface area is 120 Å². The van der Waals surface area contributed by atoms with Gasteiger partial charge in [-0.15, -0.1) is 0 Å². The lowest BCUT2D eigenvalue weighted by Gasteiger charge is -2.15. The highest BCUT2D eigenvalue weighted by Gasteiger charge is 2.20. The summed E-state index contributed by atoms with van der Waals surface area (Å²) >= 11 is 0. The van der Waals surface area contributed by atoms with Crippen molar-refractivity contribution in [1.82, 2.24) is 14.5 Å². The maximum absolute atomic E-state index is 4.62. The van der Waals surface area contributed by atoms with E-state index < -0.39 is 0 Å². The number of anilines is 1. The van der Waals surface area contributed by atoms with Crippen LogP contribution in [0.2, 0.25) is 0 Å². The smallest absolute Gasteiger partial charge is 0.203 e. The summed E-state index contributed by atoms with van der Waals surface area (Å²) in [7, 11) is 0. The van der Waals surface area contributed by atoms with E-state index in [9.17, 15) is 0 Å². The van der Waals surface area contributed by atoms with Crippen LogP contribution in [0, 0.1) is 13.8 Å². The zero-order chi connectivity index (χ0) is 13.9. The van der Waals surface area contributed by atoms with Crippen molar-refractivity contribution in [2.45, 2.75) is 52.1 Å². The molecule has 0 unspecified atom stereocenters. The molecule has 0 saturated heterocycles. The Morgan fingerprint density at radius 3 is 2.70 bits per heavy atom. The fourth-order valence-corrected chi connectivity index (χ4v) is 2.98. The Morgan fingerprint density at radius 1 is 1.15 bits per heavy atom. The quantitative estimate of drug-likeness (QED) is 0.922. The van der Waals surface area contributed by atoms with Crippen molar-refractivity contribution < 1.29 is 0 Å². The van der Waals surface area contributed by atoms with Gasteiger partial charge in [-0.3, -0.25) is 4.98 Å². The summed E-state index contributed by atoms with van der Waals surface area (Å²) in [6.45, 7) is 4.81. The lowest BCUT2D eigenvalue weighted by Crippen LogP contribution is -2.11. The first kappa shape index (κ1) is 13.2. The number of hydrogen-bond donors (Lipinski definition) is 1. The van der Waals surface area contributed by atoms with Gasteiger partial charge in [-0.2, -0.15) is 0 Å². The minimum absolute atomic E-state index is 0.615. The van der Waals surface area contributed by atoms with Gasteiger partial charge in [-0.1, -0.05) is 18.9 Å². The molecule has 2 heterocycles. The third kappa shape index (κ3) is 2.84. The summed E-state index contributed by atoms with van der Waals surface area (Å²) in [5.41, 5.74) is 3.19. The van der Waals surface area contributed by atoms with E-state index >= 15 is 0 Å². The first-order valence-electron chi connectivity index (χ1n) is 7.44. The molecule has 0 spiro atoms. The highest BCUT2D eigenvalue weighted by molar-refractivity contribution is 5.31. The van der Waals surface area contributed by atoms with Gasteiger partial charge in [0, 0.05) is 17.9 Å². The van der Waals surface area contributed by atoms with Crippen molar-refractivity contribution in [3.05, 3.63) is 41.5 Å². The normalized spacial score (nSPS) is 15.7. The maximum atomic E-state index is 4.62. The van der Waals surface area contributed by atoms with Gasteiger partial charge in [0.1, 0.15) is 0 Å². The number of aromatic nitrogens is 3. The molecule has 0 aromatic carbocycles. The molecule has 2 aromatic heterocycles. The van der Waals surface area contributed by atoms with Gasteiger partial charge in [0.2, 0.25) is 5.95 Å². The topological polar surface area (TPSA) is 42.7 Å². The summed E-state index contributed by atoms with van der Waals surface area (Å²) in [5, 5.41) is 3.44. The third-order valence-electron chi connectivity index (χ3n) is 3.94. The molecule has 20 heavy (non-hydrogen) atoms. The molecule has 0 amide bonds. The van der Waals surface area contributed by atoms with Gasteiger partial charge in [0.15, 0.2) is 0 Å². The predicted octanol–water partition coefficient (Wildman–Crippen LogP) is 3.62. The summed E-state index contributed by atoms with van der Waals surface area (Å²) in [4.78, 5) is 9.14. The van der Waals surface area contributed by atoms with Crippen molar-refractivity contribution in [2.24, 2.45) is 0 Å². The van der Waals surface area contributed by atoms with Crippen LogP contribution in [0.1, 0.15) is 48.8 Å². The van der Waals surface area contributed by atoms with Crippen LogP contribution in [0.15, 0.2) is 24.4 Å². The fourth-order valence-electron chi connectivity index (χ4n) is 2.98. The number of pyridine rings is 1. The molecular formula is C16H22N4. The standard InChI is InChI=1S/C16H22N4/c1-12-6-5-7-14(18-12)10-17-16-19-13(2)11-20(16)15-8-3-4-9-15/h5-7,11,15H,3-4,8-10H2,1-2H3,(H,17,19). The molecule has 3 rings (SSSR count). The Bertz CT molecular complexity index is 582. The molecule has 4 heteroatoms. The molecule has 1 fully saturated rings. The first-order valence-corrected chi connectivity index (χ1v) is 7.44. The largest absolute Gasteiger partial charge is 0.350 e. The molecule has 106 valence electrons. The Kier molecular flexibility index (Phi) is 3.72. The average molecular weight is 270 g/mol. The average Bonchev–Trinajstić information content (AvgIpc) is 3.05. The number of aryl methyl sites for hydroxylation is 2.